The fraction of sp³-hybridized carbons (Fsp3) is 0.143. The van der Waals surface area contributed by atoms with E-state index in [0.29, 0.717) is 11.0 Å². The van der Waals surface area contributed by atoms with E-state index in [2.05, 4.69) is 10.1 Å². The largest absolute Gasteiger partial charge is 0.294 e. The second-order valence-corrected chi connectivity index (χ2v) is 4.57. The highest BCUT2D eigenvalue weighted by atomic mass is 19.1. The van der Waals surface area contributed by atoms with Gasteiger partial charge in [-0.1, -0.05) is 12.1 Å². The summed E-state index contributed by atoms with van der Waals surface area (Å²) in [5.74, 6) is -0.613. The van der Waals surface area contributed by atoms with Crippen molar-refractivity contribution in [2.75, 3.05) is 0 Å². The van der Waals surface area contributed by atoms with Crippen molar-refractivity contribution in [2.45, 2.75) is 6.54 Å². The van der Waals surface area contributed by atoms with E-state index in [1.807, 2.05) is 0 Å². The van der Waals surface area contributed by atoms with Crippen molar-refractivity contribution in [1.29, 1.82) is 5.26 Å². The molecule has 104 valence electrons. The summed E-state index contributed by atoms with van der Waals surface area (Å²) in [6, 6.07) is 6.29. The Balaban J connectivity index is 2.09. The molecule has 0 aliphatic heterocycles. The summed E-state index contributed by atoms with van der Waals surface area (Å²) in [4.78, 5) is 16.4. The predicted molar refractivity (Wildman–Crippen MR) is 73.0 cm³/mol. The molecule has 0 aliphatic rings. The SMILES string of the molecule is Cn1ncc2c(=O)n(Cc3cccc(C#N)c3F)cnc21. The van der Waals surface area contributed by atoms with Gasteiger partial charge in [0.2, 0.25) is 0 Å². The summed E-state index contributed by atoms with van der Waals surface area (Å²) in [6.07, 6.45) is 2.79. The van der Waals surface area contributed by atoms with Crippen molar-refractivity contribution >= 4 is 11.0 Å². The lowest BCUT2D eigenvalue weighted by atomic mass is 10.1. The normalized spacial score (nSPS) is 10.7. The van der Waals surface area contributed by atoms with Crippen LogP contribution in [0.4, 0.5) is 4.39 Å². The molecule has 0 bridgehead atoms. The van der Waals surface area contributed by atoms with E-state index < -0.39 is 5.82 Å². The van der Waals surface area contributed by atoms with E-state index in [4.69, 9.17) is 5.26 Å². The molecule has 0 N–H and O–H groups in total. The molecule has 0 unspecified atom stereocenters. The van der Waals surface area contributed by atoms with Gasteiger partial charge in [-0.2, -0.15) is 10.4 Å². The third kappa shape index (κ3) is 2.07. The summed E-state index contributed by atoms with van der Waals surface area (Å²) < 4.78 is 16.8. The Hall–Kier alpha value is -3.01. The van der Waals surface area contributed by atoms with Crippen LogP contribution >= 0.6 is 0 Å². The Morgan fingerprint density at radius 1 is 1.43 bits per heavy atom. The molecule has 3 rings (SSSR count). The highest BCUT2D eigenvalue weighted by Crippen LogP contribution is 2.13. The van der Waals surface area contributed by atoms with Gasteiger partial charge >= 0.3 is 0 Å². The fourth-order valence-corrected chi connectivity index (χ4v) is 2.15. The number of rotatable bonds is 2. The standard InChI is InChI=1S/C14H10FN5O/c1-19-13-11(6-18-19)14(21)20(8-17-13)7-10-4-2-3-9(5-16)12(10)15/h2-4,6,8H,7H2,1H3. The molecule has 0 saturated heterocycles. The summed E-state index contributed by atoms with van der Waals surface area (Å²) in [5, 5.41) is 13.2. The number of benzene rings is 1. The highest BCUT2D eigenvalue weighted by Gasteiger charge is 2.12. The molecule has 0 saturated carbocycles. The molecular formula is C14H10FN5O. The van der Waals surface area contributed by atoms with Crippen LogP contribution in [0.1, 0.15) is 11.1 Å². The van der Waals surface area contributed by atoms with Crippen molar-refractivity contribution in [2.24, 2.45) is 7.05 Å². The maximum absolute atomic E-state index is 14.0. The Bertz CT molecular complexity index is 935. The highest BCUT2D eigenvalue weighted by molar-refractivity contribution is 5.72. The van der Waals surface area contributed by atoms with Crippen molar-refractivity contribution in [3.63, 3.8) is 0 Å². The summed E-state index contributed by atoms with van der Waals surface area (Å²) in [5.41, 5.74) is 0.398. The van der Waals surface area contributed by atoms with Crippen molar-refractivity contribution < 1.29 is 4.39 Å². The lowest BCUT2D eigenvalue weighted by Crippen LogP contribution is -2.21. The van der Waals surface area contributed by atoms with Crippen LogP contribution < -0.4 is 5.56 Å². The first-order valence-electron chi connectivity index (χ1n) is 6.16. The second kappa shape index (κ2) is 4.83. The van der Waals surface area contributed by atoms with Crippen LogP contribution in [0.3, 0.4) is 0 Å². The molecule has 0 radical (unpaired) electrons. The summed E-state index contributed by atoms with van der Waals surface area (Å²) in [7, 11) is 1.69. The summed E-state index contributed by atoms with van der Waals surface area (Å²) in [6.45, 7) is 0.0119. The van der Waals surface area contributed by atoms with Crippen molar-refractivity contribution in [3.8, 4) is 6.07 Å². The summed E-state index contributed by atoms with van der Waals surface area (Å²) >= 11 is 0. The molecule has 21 heavy (non-hydrogen) atoms. The first kappa shape index (κ1) is 13.0. The van der Waals surface area contributed by atoms with E-state index in [1.54, 1.807) is 19.2 Å². The Morgan fingerprint density at radius 2 is 2.24 bits per heavy atom. The second-order valence-electron chi connectivity index (χ2n) is 4.57. The van der Waals surface area contributed by atoms with E-state index in [-0.39, 0.29) is 23.2 Å². The molecule has 0 spiro atoms. The smallest absolute Gasteiger partial charge is 0.264 e. The van der Waals surface area contributed by atoms with Crippen LogP contribution in [0, 0.1) is 17.1 Å². The monoisotopic (exact) mass is 283 g/mol. The minimum Gasteiger partial charge on any atom is -0.294 e. The molecule has 3 aromatic rings. The topological polar surface area (TPSA) is 76.5 Å². The fourth-order valence-electron chi connectivity index (χ4n) is 2.15. The van der Waals surface area contributed by atoms with Gasteiger partial charge in [0.15, 0.2) is 5.65 Å². The molecule has 6 nitrogen and oxygen atoms in total. The van der Waals surface area contributed by atoms with E-state index in [0.717, 1.165) is 0 Å². The third-order valence-corrected chi connectivity index (χ3v) is 3.26. The lowest BCUT2D eigenvalue weighted by Gasteiger charge is -2.07. The molecule has 7 heteroatoms. The van der Waals surface area contributed by atoms with Crippen LogP contribution in [0.2, 0.25) is 0 Å². The molecule has 0 atom stereocenters. The quantitative estimate of drug-likeness (QED) is 0.708. The van der Waals surface area contributed by atoms with Crippen molar-refractivity contribution in [3.05, 3.63) is 58.0 Å². The van der Waals surface area contributed by atoms with E-state index in [1.165, 1.54) is 33.9 Å². The molecular weight excluding hydrogens is 273 g/mol. The number of fused-ring (bicyclic) bond motifs is 1. The van der Waals surface area contributed by atoms with Gasteiger partial charge in [0.05, 0.1) is 18.3 Å². The van der Waals surface area contributed by atoms with Gasteiger partial charge in [0, 0.05) is 12.6 Å². The number of nitrogens with zero attached hydrogens (tertiary/aromatic N) is 5. The maximum Gasteiger partial charge on any atom is 0.264 e. The van der Waals surface area contributed by atoms with Gasteiger partial charge in [-0.25, -0.2) is 9.37 Å². The van der Waals surface area contributed by atoms with E-state index >= 15 is 0 Å². The maximum atomic E-state index is 14.0. The van der Waals surface area contributed by atoms with Crippen molar-refractivity contribution in [1.82, 2.24) is 19.3 Å². The van der Waals surface area contributed by atoms with Crippen LogP contribution in [0.5, 0.6) is 0 Å². The van der Waals surface area contributed by atoms with Gasteiger partial charge in [0.1, 0.15) is 23.6 Å². The van der Waals surface area contributed by atoms with Gasteiger partial charge < -0.3 is 0 Å². The predicted octanol–water partition coefficient (Wildman–Crippen LogP) is 1.19. The zero-order valence-corrected chi connectivity index (χ0v) is 11.1. The molecule has 0 fully saturated rings. The zero-order valence-electron chi connectivity index (χ0n) is 11.1. The number of hydrogen-bond acceptors (Lipinski definition) is 4. The molecule has 2 heterocycles. The molecule has 2 aromatic heterocycles. The average molecular weight is 283 g/mol. The Morgan fingerprint density at radius 3 is 3.00 bits per heavy atom. The first-order valence-corrected chi connectivity index (χ1v) is 6.16. The number of halogens is 1. The Labute approximate surface area is 118 Å². The van der Waals surface area contributed by atoms with E-state index in [9.17, 15) is 9.18 Å². The van der Waals surface area contributed by atoms with Crippen LogP contribution in [-0.4, -0.2) is 19.3 Å². The van der Waals surface area contributed by atoms with Gasteiger partial charge in [0.25, 0.3) is 5.56 Å². The number of aromatic nitrogens is 4. The van der Waals surface area contributed by atoms with Crippen LogP contribution in [0.25, 0.3) is 11.0 Å². The molecule has 0 aliphatic carbocycles. The van der Waals surface area contributed by atoms with Crippen LogP contribution in [0.15, 0.2) is 35.5 Å². The number of hydrogen-bond donors (Lipinski definition) is 0. The third-order valence-electron chi connectivity index (χ3n) is 3.26. The minimum absolute atomic E-state index is 0.0119. The van der Waals surface area contributed by atoms with Gasteiger partial charge in [-0.15, -0.1) is 0 Å². The minimum atomic E-state index is -0.613. The lowest BCUT2D eigenvalue weighted by molar-refractivity contribution is 0.592. The van der Waals surface area contributed by atoms with Gasteiger partial charge in [-0.05, 0) is 6.07 Å². The van der Waals surface area contributed by atoms with Gasteiger partial charge in [-0.3, -0.25) is 14.0 Å². The first-order chi connectivity index (χ1) is 10.1. The number of nitriles is 1. The zero-order chi connectivity index (χ0) is 15.0. The molecule has 1 aromatic carbocycles. The van der Waals surface area contributed by atoms with Crippen LogP contribution in [-0.2, 0) is 13.6 Å². The average Bonchev–Trinajstić information content (AvgIpc) is 2.86. The molecule has 0 amide bonds. The Kier molecular flexibility index (Phi) is 2.99. The number of aryl methyl sites for hydroxylation is 1.